The van der Waals surface area contributed by atoms with Crippen LogP contribution in [0.3, 0.4) is 0 Å². The third-order valence-corrected chi connectivity index (χ3v) is 5.32. The van der Waals surface area contributed by atoms with Crippen LogP contribution in [0.1, 0.15) is 34.2 Å². The topological polar surface area (TPSA) is 60.8 Å². The Kier molecular flexibility index (Phi) is 6.45. The van der Waals surface area contributed by atoms with Gasteiger partial charge in [0.15, 0.2) is 0 Å². The number of hydrogen-bond acceptors (Lipinski definition) is 4. The minimum Gasteiger partial charge on any atom is -0.497 e. The third kappa shape index (κ3) is 4.48. The number of carbonyl (C=O) groups excluding carboxylic acids is 2. The van der Waals surface area contributed by atoms with Gasteiger partial charge in [-0.2, -0.15) is 0 Å². The van der Waals surface area contributed by atoms with Crippen molar-refractivity contribution in [3.05, 3.63) is 65.0 Å². The molecule has 0 aliphatic carbocycles. The first kappa shape index (κ1) is 21.4. The molecule has 0 spiro atoms. The molecule has 0 radical (unpaired) electrons. The van der Waals surface area contributed by atoms with Gasteiger partial charge in [-0.25, -0.2) is 4.79 Å². The van der Waals surface area contributed by atoms with Gasteiger partial charge in [-0.3, -0.25) is 4.79 Å². The minimum absolute atomic E-state index is 0.0259. The molecule has 3 aromatic rings. The van der Waals surface area contributed by atoms with Gasteiger partial charge in [0.25, 0.3) is 0 Å². The molecule has 0 aliphatic heterocycles. The monoisotopic (exact) mass is 408 g/mol. The molecule has 0 atom stereocenters. The van der Waals surface area contributed by atoms with Crippen LogP contribution in [0.4, 0.5) is 0 Å². The van der Waals surface area contributed by atoms with Crippen molar-refractivity contribution in [2.24, 2.45) is 0 Å². The van der Waals surface area contributed by atoms with Crippen molar-refractivity contribution in [2.45, 2.75) is 33.9 Å². The number of fused-ring (bicyclic) bond motifs is 1. The molecule has 0 unspecified atom stereocenters. The highest BCUT2D eigenvalue weighted by Gasteiger charge is 2.19. The molecule has 0 bridgehead atoms. The van der Waals surface area contributed by atoms with Crippen molar-refractivity contribution >= 4 is 22.6 Å². The summed E-state index contributed by atoms with van der Waals surface area (Å²) in [5.74, 6) is 0.440. The normalized spacial score (nSPS) is 10.8. The fraction of sp³-hybridized carbons (Fsp3) is 0.333. The Bertz CT molecular complexity index is 1080. The van der Waals surface area contributed by atoms with Crippen molar-refractivity contribution in [2.75, 3.05) is 20.8 Å². The number of rotatable bonds is 7. The summed E-state index contributed by atoms with van der Waals surface area (Å²) in [6, 6.07) is 13.9. The van der Waals surface area contributed by atoms with Crippen LogP contribution in [0.2, 0.25) is 0 Å². The van der Waals surface area contributed by atoms with E-state index in [1.165, 1.54) is 0 Å². The zero-order chi connectivity index (χ0) is 21.8. The van der Waals surface area contributed by atoms with Gasteiger partial charge in [-0.15, -0.1) is 0 Å². The second kappa shape index (κ2) is 9.03. The summed E-state index contributed by atoms with van der Waals surface area (Å²) in [4.78, 5) is 26.6. The maximum absolute atomic E-state index is 12.8. The van der Waals surface area contributed by atoms with Crippen LogP contribution < -0.4 is 4.74 Å². The lowest BCUT2D eigenvalue weighted by Crippen LogP contribution is -2.30. The van der Waals surface area contributed by atoms with Crippen molar-refractivity contribution in [3.8, 4) is 5.75 Å². The molecule has 2 aromatic carbocycles. The smallest absolute Gasteiger partial charge is 0.339 e. The number of esters is 1. The van der Waals surface area contributed by atoms with E-state index in [9.17, 15) is 9.59 Å². The molecule has 0 N–H and O–H groups in total. The van der Waals surface area contributed by atoms with Gasteiger partial charge in [0.2, 0.25) is 5.91 Å². The molecule has 1 heterocycles. The summed E-state index contributed by atoms with van der Waals surface area (Å²) in [6.07, 6.45) is 0. The summed E-state index contributed by atoms with van der Waals surface area (Å²) in [7, 11) is 3.45. The van der Waals surface area contributed by atoms with E-state index >= 15 is 0 Å². The molecule has 0 fully saturated rings. The lowest BCUT2D eigenvalue weighted by Gasteiger charge is -2.19. The maximum Gasteiger partial charge on any atom is 0.339 e. The van der Waals surface area contributed by atoms with Gasteiger partial charge in [0.1, 0.15) is 12.3 Å². The molecular formula is C24H28N2O4. The molecule has 3 rings (SSSR count). The van der Waals surface area contributed by atoms with E-state index in [0.717, 1.165) is 33.5 Å². The fourth-order valence-electron chi connectivity index (χ4n) is 3.58. The molecule has 0 aliphatic rings. The predicted octanol–water partition coefficient (Wildman–Crippen LogP) is 4.10. The Hall–Kier alpha value is -3.28. The van der Waals surface area contributed by atoms with E-state index in [-0.39, 0.29) is 18.4 Å². The van der Waals surface area contributed by atoms with Crippen LogP contribution in [-0.4, -0.2) is 42.1 Å². The number of aromatic nitrogens is 1. The van der Waals surface area contributed by atoms with E-state index in [0.29, 0.717) is 18.7 Å². The third-order valence-electron chi connectivity index (χ3n) is 5.32. The van der Waals surface area contributed by atoms with Crippen LogP contribution in [0.25, 0.3) is 10.8 Å². The van der Waals surface area contributed by atoms with E-state index < -0.39 is 0 Å². The van der Waals surface area contributed by atoms with Gasteiger partial charge in [0.05, 0.1) is 19.3 Å². The van der Waals surface area contributed by atoms with E-state index in [2.05, 4.69) is 6.07 Å². The summed E-state index contributed by atoms with van der Waals surface area (Å²) >= 11 is 0. The van der Waals surface area contributed by atoms with Gasteiger partial charge < -0.3 is 18.9 Å². The van der Waals surface area contributed by atoms with Crippen molar-refractivity contribution in [3.63, 3.8) is 0 Å². The highest BCUT2D eigenvalue weighted by Crippen LogP contribution is 2.22. The van der Waals surface area contributed by atoms with Gasteiger partial charge in [-0.1, -0.05) is 18.2 Å². The van der Waals surface area contributed by atoms with Gasteiger partial charge in [-0.05, 0) is 61.4 Å². The van der Waals surface area contributed by atoms with Crippen LogP contribution in [0.15, 0.2) is 42.5 Å². The summed E-state index contributed by atoms with van der Waals surface area (Å²) < 4.78 is 12.2. The largest absolute Gasteiger partial charge is 0.497 e. The molecule has 1 aromatic heterocycles. The zero-order valence-electron chi connectivity index (χ0n) is 18.2. The number of benzene rings is 2. The summed E-state index contributed by atoms with van der Waals surface area (Å²) in [5, 5.41) is 2.20. The number of likely N-dealkylation sites (N-methyl/N-ethyl adjacent to an activating group) is 1. The molecule has 30 heavy (non-hydrogen) atoms. The first-order valence-electron chi connectivity index (χ1n) is 9.98. The Morgan fingerprint density at radius 2 is 1.73 bits per heavy atom. The summed E-state index contributed by atoms with van der Waals surface area (Å²) in [6.45, 7) is 6.51. The van der Waals surface area contributed by atoms with Crippen molar-refractivity contribution in [1.82, 2.24) is 9.47 Å². The second-order valence-electron chi connectivity index (χ2n) is 7.39. The average Bonchev–Trinajstić information content (AvgIpc) is 3.01. The van der Waals surface area contributed by atoms with E-state index in [1.54, 1.807) is 32.0 Å². The number of ether oxygens (including phenoxy) is 2. The number of methoxy groups -OCH3 is 1. The highest BCUT2D eigenvalue weighted by molar-refractivity contribution is 5.91. The number of carbonyl (C=O) groups is 2. The Labute approximate surface area is 177 Å². The minimum atomic E-state index is -0.356. The van der Waals surface area contributed by atoms with Gasteiger partial charge in [0, 0.05) is 25.0 Å². The van der Waals surface area contributed by atoms with Crippen LogP contribution in [-0.2, 0) is 22.6 Å². The SMILES string of the molecule is CCOC(=O)c1cc(C)n(CC(=O)N(C)Cc2ccc3cc(OC)ccc3c2)c1C. The molecule has 158 valence electrons. The number of aryl methyl sites for hydroxylation is 1. The number of hydrogen-bond donors (Lipinski definition) is 0. The van der Waals surface area contributed by atoms with Crippen LogP contribution in [0, 0.1) is 13.8 Å². The molecule has 1 amide bonds. The second-order valence-corrected chi connectivity index (χ2v) is 7.39. The van der Waals surface area contributed by atoms with Gasteiger partial charge >= 0.3 is 5.97 Å². The molecule has 0 saturated heterocycles. The molecular weight excluding hydrogens is 380 g/mol. The quantitative estimate of drug-likeness (QED) is 0.552. The van der Waals surface area contributed by atoms with Crippen LogP contribution >= 0.6 is 0 Å². The standard InChI is InChI=1S/C24H28N2O4/c1-6-30-24(28)22-11-16(2)26(17(22)3)15-23(27)25(4)14-18-7-8-20-13-21(29-5)10-9-19(20)12-18/h7-13H,6,14-15H2,1-5H3. The maximum atomic E-state index is 12.8. The average molecular weight is 408 g/mol. The first-order valence-corrected chi connectivity index (χ1v) is 9.98. The predicted molar refractivity (Wildman–Crippen MR) is 117 cm³/mol. The van der Waals surface area contributed by atoms with E-state index in [1.807, 2.05) is 48.7 Å². The van der Waals surface area contributed by atoms with Crippen LogP contribution in [0.5, 0.6) is 5.75 Å². The lowest BCUT2D eigenvalue weighted by molar-refractivity contribution is -0.131. The lowest BCUT2D eigenvalue weighted by atomic mass is 10.1. The molecule has 0 saturated carbocycles. The molecule has 6 nitrogen and oxygen atoms in total. The Morgan fingerprint density at radius 1 is 1.03 bits per heavy atom. The van der Waals surface area contributed by atoms with Crippen molar-refractivity contribution < 1.29 is 19.1 Å². The first-order chi connectivity index (χ1) is 14.3. The zero-order valence-corrected chi connectivity index (χ0v) is 18.2. The highest BCUT2D eigenvalue weighted by atomic mass is 16.5. The summed E-state index contributed by atoms with van der Waals surface area (Å²) in [5.41, 5.74) is 3.16. The Balaban J connectivity index is 1.72. The number of amides is 1. The fourth-order valence-corrected chi connectivity index (χ4v) is 3.58. The number of nitrogens with zero attached hydrogens (tertiary/aromatic N) is 2. The Morgan fingerprint density at radius 3 is 2.43 bits per heavy atom. The molecule has 6 heteroatoms. The van der Waals surface area contributed by atoms with E-state index in [4.69, 9.17) is 9.47 Å². The van der Waals surface area contributed by atoms with Crippen molar-refractivity contribution in [1.29, 1.82) is 0 Å².